The van der Waals surface area contributed by atoms with Gasteiger partial charge < -0.3 is 25.0 Å². The van der Waals surface area contributed by atoms with E-state index in [2.05, 4.69) is 15.6 Å². The van der Waals surface area contributed by atoms with E-state index in [9.17, 15) is 14.4 Å². The fraction of sp³-hybridized carbons (Fsp3) is 0.429. The summed E-state index contributed by atoms with van der Waals surface area (Å²) in [6, 6.07) is 5.81. The molecule has 1 aromatic heterocycles. The van der Waals surface area contributed by atoms with Crippen molar-refractivity contribution < 1.29 is 23.9 Å². The zero-order valence-electron chi connectivity index (χ0n) is 18.0. The van der Waals surface area contributed by atoms with Crippen molar-refractivity contribution in [2.75, 3.05) is 45.8 Å². The van der Waals surface area contributed by atoms with E-state index in [1.165, 1.54) is 30.5 Å². The van der Waals surface area contributed by atoms with Gasteiger partial charge in [0.1, 0.15) is 6.04 Å². The number of thiazole rings is 1. The molecule has 0 saturated heterocycles. The summed E-state index contributed by atoms with van der Waals surface area (Å²) >= 11 is 7.29. The Morgan fingerprint density at radius 2 is 1.84 bits per heavy atom. The molecule has 1 atom stereocenters. The van der Waals surface area contributed by atoms with Crippen LogP contribution in [0.15, 0.2) is 35.8 Å². The molecule has 2 N–H and O–H groups in total. The maximum Gasteiger partial charge on any atom is 0.247 e. The molecule has 0 bridgehead atoms. The standard InChI is InChI=1S/C21H27ClN4O5S/c1-30-12-9-23-20(29)19(15-3-5-16(22)6-4-15)26(11-13-31-2)18(28)8-7-17(27)25-21-24-10-14-32-21/h3-6,10,14,19H,7-9,11-13H2,1-2H3,(H,23,29)(H,24,25,27)/t19-/m1/s1. The van der Waals surface area contributed by atoms with Gasteiger partial charge in [-0.15, -0.1) is 11.3 Å². The monoisotopic (exact) mass is 482 g/mol. The zero-order valence-corrected chi connectivity index (χ0v) is 19.6. The molecule has 1 heterocycles. The van der Waals surface area contributed by atoms with Crippen molar-refractivity contribution in [3.8, 4) is 0 Å². The molecule has 11 heteroatoms. The fourth-order valence-corrected chi connectivity index (χ4v) is 3.58. The molecule has 32 heavy (non-hydrogen) atoms. The third-order valence-corrected chi connectivity index (χ3v) is 5.39. The van der Waals surface area contributed by atoms with Gasteiger partial charge >= 0.3 is 0 Å². The van der Waals surface area contributed by atoms with E-state index in [1.54, 1.807) is 35.8 Å². The first-order chi connectivity index (χ1) is 15.5. The lowest BCUT2D eigenvalue weighted by Gasteiger charge is -2.31. The number of nitrogens with zero attached hydrogens (tertiary/aromatic N) is 2. The van der Waals surface area contributed by atoms with Gasteiger partial charge in [-0.2, -0.15) is 0 Å². The summed E-state index contributed by atoms with van der Waals surface area (Å²) in [7, 11) is 3.05. The third-order valence-electron chi connectivity index (χ3n) is 4.45. The second-order valence-corrected chi connectivity index (χ2v) is 8.03. The van der Waals surface area contributed by atoms with Crippen LogP contribution in [0.3, 0.4) is 0 Å². The maximum atomic E-state index is 13.1. The lowest BCUT2D eigenvalue weighted by atomic mass is 10.0. The van der Waals surface area contributed by atoms with Crippen LogP contribution in [0.25, 0.3) is 0 Å². The lowest BCUT2D eigenvalue weighted by Crippen LogP contribution is -2.45. The van der Waals surface area contributed by atoms with Crippen molar-refractivity contribution in [1.29, 1.82) is 0 Å². The maximum absolute atomic E-state index is 13.1. The molecule has 2 rings (SSSR count). The number of hydrogen-bond acceptors (Lipinski definition) is 7. The summed E-state index contributed by atoms with van der Waals surface area (Å²) in [5, 5.41) is 8.16. The van der Waals surface area contributed by atoms with Crippen LogP contribution >= 0.6 is 22.9 Å². The SMILES string of the molecule is COCCNC(=O)[C@@H](c1ccc(Cl)cc1)N(CCOC)C(=O)CCC(=O)Nc1nccs1. The summed E-state index contributed by atoms with van der Waals surface area (Å²) in [6.07, 6.45) is 1.47. The van der Waals surface area contributed by atoms with Crippen LogP contribution in [-0.2, 0) is 23.9 Å². The Hall–Kier alpha value is -2.53. The molecule has 2 aromatic rings. The average Bonchev–Trinajstić information content (AvgIpc) is 3.29. The van der Waals surface area contributed by atoms with Gasteiger partial charge in [-0.25, -0.2) is 4.98 Å². The second kappa shape index (κ2) is 13.8. The Morgan fingerprint density at radius 1 is 1.12 bits per heavy atom. The van der Waals surface area contributed by atoms with Crippen LogP contribution in [0.5, 0.6) is 0 Å². The van der Waals surface area contributed by atoms with Crippen LogP contribution in [0, 0.1) is 0 Å². The van der Waals surface area contributed by atoms with Crippen LogP contribution in [-0.4, -0.2) is 68.1 Å². The molecule has 0 aliphatic rings. The smallest absolute Gasteiger partial charge is 0.247 e. The number of anilines is 1. The summed E-state index contributed by atoms with van der Waals surface area (Å²) in [5.74, 6) is -1.04. The first kappa shape index (κ1) is 25.7. The minimum atomic E-state index is -0.909. The highest BCUT2D eigenvalue weighted by molar-refractivity contribution is 7.13. The van der Waals surface area contributed by atoms with E-state index in [0.717, 1.165) is 0 Å². The molecule has 0 saturated carbocycles. The Balaban J connectivity index is 2.17. The zero-order chi connectivity index (χ0) is 23.3. The number of amides is 3. The summed E-state index contributed by atoms with van der Waals surface area (Å²) < 4.78 is 10.1. The Kier molecular flexibility index (Phi) is 11.1. The number of benzene rings is 1. The van der Waals surface area contributed by atoms with E-state index in [4.69, 9.17) is 21.1 Å². The number of rotatable bonds is 13. The molecular weight excluding hydrogens is 456 g/mol. The lowest BCUT2D eigenvalue weighted by molar-refractivity contribution is -0.142. The van der Waals surface area contributed by atoms with Gasteiger partial charge in [0.2, 0.25) is 17.7 Å². The van der Waals surface area contributed by atoms with Gasteiger partial charge in [0.15, 0.2) is 5.13 Å². The number of aromatic nitrogens is 1. The molecular formula is C21H27ClN4O5S. The molecule has 9 nitrogen and oxygen atoms in total. The molecule has 3 amide bonds. The number of carbonyl (C=O) groups is 3. The molecule has 174 valence electrons. The van der Waals surface area contributed by atoms with Gasteiger partial charge in [0, 0.05) is 56.8 Å². The van der Waals surface area contributed by atoms with Crippen molar-refractivity contribution in [1.82, 2.24) is 15.2 Å². The average molecular weight is 483 g/mol. The third kappa shape index (κ3) is 8.19. The van der Waals surface area contributed by atoms with Gasteiger partial charge in [-0.3, -0.25) is 14.4 Å². The van der Waals surface area contributed by atoms with E-state index < -0.39 is 6.04 Å². The number of carbonyl (C=O) groups excluding carboxylic acids is 3. The number of methoxy groups -OCH3 is 2. The quantitative estimate of drug-likeness (QED) is 0.424. The largest absolute Gasteiger partial charge is 0.383 e. The first-order valence-electron chi connectivity index (χ1n) is 9.96. The van der Waals surface area contributed by atoms with E-state index in [-0.39, 0.29) is 43.7 Å². The highest BCUT2D eigenvalue weighted by Gasteiger charge is 2.31. The predicted molar refractivity (Wildman–Crippen MR) is 123 cm³/mol. The van der Waals surface area contributed by atoms with Gasteiger partial charge in [0.25, 0.3) is 0 Å². The van der Waals surface area contributed by atoms with Crippen molar-refractivity contribution in [3.05, 3.63) is 46.4 Å². The molecule has 0 spiro atoms. The first-order valence-corrected chi connectivity index (χ1v) is 11.2. The topological polar surface area (TPSA) is 110 Å². The van der Waals surface area contributed by atoms with E-state index >= 15 is 0 Å². The molecule has 0 aliphatic heterocycles. The van der Waals surface area contributed by atoms with Crippen LogP contribution in [0.1, 0.15) is 24.4 Å². The van der Waals surface area contributed by atoms with Crippen LogP contribution in [0.4, 0.5) is 5.13 Å². The number of nitrogens with one attached hydrogen (secondary N) is 2. The number of ether oxygens (including phenoxy) is 2. The van der Waals surface area contributed by atoms with Crippen molar-refractivity contribution in [3.63, 3.8) is 0 Å². The Morgan fingerprint density at radius 3 is 2.47 bits per heavy atom. The highest BCUT2D eigenvalue weighted by atomic mass is 35.5. The van der Waals surface area contributed by atoms with Gasteiger partial charge in [-0.1, -0.05) is 23.7 Å². The number of hydrogen-bond donors (Lipinski definition) is 2. The fourth-order valence-electron chi connectivity index (χ4n) is 2.91. The normalized spacial score (nSPS) is 11.6. The summed E-state index contributed by atoms with van der Waals surface area (Å²) in [5.41, 5.74) is 0.598. The second-order valence-electron chi connectivity index (χ2n) is 6.70. The van der Waals surface area contributed by atoms with Gasteiger partial charge in [0.05, 0.1) is 13.2 Å². The molecule has 0 fully saturated rings. The molecule has 1 aromatic carbocycles. The molecule has 0 unspecified atom stereocenters. The molecule has 0 radical (unpaired) electrons. The van der Waals surface area contributed by atoms with Crippen molar-refractivity contribution >= 4 is 45.8 Å². The van der Waals surface area contributed by atoms with Crippen molar-refractivity contribution in [2.45, 2.75) is 18.9 Å². The summed E-state index contributed by atoms with van der Waals surface area (Å²) in [6.45, 7) is 1.03. The van der Waals surface area contributed by atoms with E-state index in [1.807, 2.05) is 0 Å². The van der Waals surface area contributed by atoms with Gasteiger partial charge in [-0.05, 0) is 17.7 Å². The Bertz CT molecular complexity index is 864. The minimum Gasteiger partial charge on any atom is -0.383 e. The summed E-state index contributed by atoms with van der Waals surface area (Å²) in [4.78, 5) is 43.8. The van der Waals surface area contributed by atoms with Crippen molar-refractivity contribution in [2.24, 2.45) is 0 Å². The highest BCUT2D eigenvalue weighted by Crippen LogP contribution is 2.24. The number of halogens is 1. The molecule has 0 aliphatic carbocycles. The van der Waals surface area contributed by atoms with Crippen LogP contribution in [0.2, 0.25) is 5.02 Å². The van der Waals surface area contributed by atoms with E-state index in [0.29, 0.717) is 28.9 Å². The van der Waals surface area contributed by atoms with Crippen LogP contribution < -0.4 is 10.6 Å². The predicted octanol–water partition coefficient (Wildman–Crippen LogP) is 2.49. The Labute approximate surface area is 196 Å². The minimum absolute atomic E-state index is 0.0411.